The summed E-state index contributed by atoms with van der Waals surface area (Å²) in [5.41, 5.74) is 2.85. The number of benzene rings is 2. The second-order valence-electron chi connectivity index (χ2n) is 5.90. The summed E-state index contributed by atoms with van der Waals surface area (Å²) in [4.78, 5) is 12.3. The van der Waals surface area contributed by atoms with Crippen LogP contribution >= 0.6 is 11.8 Å². The first kappa shape index (κ1) is 19.0. The van der Waals surface area contributed by atoms with Crippen LogP contribution in [0, 0.1) is 6.92 Å². The van der Waals surface area contributed by atoms with Gasteiger partial charge in [-0.05, 0) is 31.5 Å². The Morgan fingerprint density at radius 1 is 1.15 bits per heavy atom. The van der Waals surface area contributed by atoms with E-state index in [0.717, 1.165) is 28.7 Å². The highest BCUT2D eigenvalue weighted by Crippen LogP contribution is 2.27. The number of nitrogens with zero attached hydrogens (tertiary/aromatic N) is 3. The van der Waals surface area contributed by atoms with E-state index in [2.05, 4.69) is 28.5 Å². The topological polar surface area (TPSA) is 69.0 Å². The molecule has 6 nitrogen and oxygen atoms in total. The number of hydrogen-bond acceptors (Lipinski definition) is 5. The molecule has 1 heterocycles. The number of ether oxygens (including phenoxy) is 1. The number of carbonyl (C=O) groups is 1. The fourth-order valence-corrected chi connectivity index (χ4v) is 3.57. The van der Waals surface area contributed by atoms with Gasteiger partial charge in [0.2, 0.25) is 5.91 Å². The summed E-state index contributed by atoms with van der Waals surface area (Å²) in [6.07, 6.45) is 0. The second-order valence-corrected chi connectivity index (χ2v) is 6.84. The number of hydrogen-bond donors (Lipinski definition) is 1. The van der Waals surface area contributed by atoms with E-state index in [1.165, 1.54) is 11.8 Å². The van der Waals surface area contributed by atoms with Gasteiger partial charge < -0.3 is 14.6 Å². The van der Waals surface area contributed by atoms with Gasteiger partial charge >= 0.3 is 0 Å². The normalized spacial score (nSPS) is 10.6. The molecule has 0 spiro atoms. The van der Waals surface area contributed by atoms with Gasteiger partial charge in [0.05, 0.1) is 18.6 Å². The van der Waals surface area contributed by atoms with E-state index in [1.807, 2.05) is 54.0 Å². The van der Waals surface area contributed by atoms with Crippen LogP contribution in [-0.2, 0) is 11.3 Å². The molecule has 1 amide bonds. The zero-order valence-electron chi connectivity index (χ0n) is 15.6. The molecule has 2 aromatic carbocycles. The van der Waals surface area contributed by atoms with Gasteiger partial charge in [0.15, 0.2) is 11.0 Å². The monoisotopic (exact) mass is 382 g/mol. The van der Waals surface area contributed by atoms with Crippen LogP contribution in [0.1, 0.15) is 12.5 Å². The Kier molecular flexibility index (Phi) is 6.13. The fraction of sp³-hybridized carbons (Fsp3) is 0.250. The van der Waals surface area contributed by atoms with E-state index < -0.39 is 0 Å². The molecule has 0 saturated heterocycles. The number of aromatic nitrogens is 3. The molecule has 3 rings (SSSR count). The number of amides is 1. The van der Waals surface area contributed by atoms with Gasteiger partial charge in [-0.15, -0.1) is 10.2 Å². The summed E-state index contributed by atoms with van der Waals surface area (Å²) in [6, 6.07) is 15.4. The van der Waals surface area contributed by atoms with Crippen LogP contribution in [0.5, 0.6) is 5.75 Å². The number of rotatable bonds is 7. The lowest BCUT2D eigenvalue weighted by atomic mass is 10.1. The van der Waals surface area contributed by atoms with Crippen molar-refractivity contribution in [3.63, 3.8) is 0 Å². The zero-order chi connectivity index (χ0) is 19.2. The molecular weight excluding hydrogens is 360 g/mol. The molecule has 0 bridgehead atoms. The standard InChI is InChI=1S/C20H22N4O2S/c1-4-24-19(15-10-6-5-9-14(15)2)22-23-20(24)27-13-18(25)21-16-11-7-8-12-17(16)26-3/h5-12H,4,13H2,1-3H3,(H,21,25). The van der Waals surface area contributed by atoms with Crippen molar-refractivity contribution < 1.29 is 9.53 Å². The number of methoxy groups -OCH3 is 1. The summed E-state index contributed by atoms with van der Waals surface area (Å²) >= 11 is 1.37. The molecular formula is C20H22N4O2S. The maximum Gasteiger partial charge on any atom is 0.234 e. The smallest absolute Gasteiger partial charge is 0.234 e. The predicted octanol–water partition coefficient (Wildman–Crippen LogP) is 4.01. The average Bonchev–Trinajstić information content (AvgIpc) is 3.10. The van der Waals surface area contributed by atoms with Crippen molar-refractivity contribution in [2.45, 2.75) is 25.5 Å². The average molecular weight is 382 g/mol. The Hall–Kier alpha value is -2.80. The summed E-state index contributed by atoms with van der Waals surface area (Å²) in [7, 11) is 1.58. The Labute approximate surface area is 163 Å². The number of thioether (sulfide) groups is 1. The van der Waals surface area contributed by atoms with Crippen molar-refractivity contribution in [2.24, 2.45) is 0 Å². The number of nitrogens with one attached hydrogen (secondary N) is 1. The minimum absolute atomic E-state index is 0.118. The van der Waals surface area contributed by atoms with Crippen LogP contribution in [0.15, 0.2) is 53.7 Å². The lowest BCUT2D eigenvalue weighted by Gasteiger charge is -2.10. The Morgan fingerprint density at radius 3 is 2.63 bits per heavy atom. The highest BCUT2D eigenvalue weighted by Gasteiger charge is 2.16. The van der Waals surface area contributed by atoms with Crippen LogP contribution < -0.4 is 10.1 Å². The van der Waals surface area contributed by atoms with E-state index in [4.69, 9.17) is 4.74 Å². The maximum atomic E-state index is 12.3. The van der Waals surface area contributed by atoms with Gasteiger partial charge in [-0.3, -0.25) is 4.79 Å². The summed E-state index contributed by atoms with van der Waals surface area (Å²) < 4.78 is 7.29. The van der Waals surface area contributed by atoms with Crippen LogP contribution in [0.2, 0.25) is 0 Å². The number of anilines is 1. The van der Waals surface area contributed by atoms with Gasteiger partial charge in [0.1, 0.15) is 5.75 Å². The Balaban J connectivity index is 1.71. The molecule has 0 unspecified atom stereocenters. The summed E-state index contributed by atoms with van der Waals surface area (Å²) in [5, 5.41) is 12.2. The third-order valence-corrected chi connectivity index (χ3v) is 5.10. The highest BCUT2D eigenvalue weighted by atomic mass is 32.2. The minimum atomic E-state index is -0.118. The third kappa shape index (κ3) is 4.31. The van der Waals surface area contributed by atoms with Gasteiger partial charge in [-0.25, -0.2) is 0 Å². The number of carbonyl (C=O) groups excluding carboxylic acids is 1. The van der Waals surface area contributed by atoms with Crippen LogP contribution in [-0.4, -0.2) is 33.5 Å². The number of para-hydroxylation sites is 2. The molecule has 0 aliphatic carbocycles. The van der Waals surface area contributed by atoms with Gasteiger partial charge in [0.25, 0.3) is 0 Å². The predicted molar refractivity (Wildman–Crippen MR) is 108 cm³/mol. The maximum absolute atomic E-state index is 12.3. The molecule has 0 radical (unpaired) electrons. The van der Waals surface area contributed by atoms with Gasteiger partial charge in [0, 0.05) is 12.1 Å². The fourth-order valence-electron chi connectivity index (χ4n) is 2.77. The van der Waals surface area contributed by atoms with E-state index >= 15 is 0 Å². The minimum Gasteiger partial charge on any atom is -0.495 e. The van der Waals surface area contributed by atoms with Crippen LogP contribution in [0.3, 0.4) is 0 Å². The summed E-state index contributed by atoms with van der Waals surface area (Å²) in [6.45, 7) is 4.83. The van der Waals surface area contributed by atoms with E-state index in [1.54, 1.807) is 7.11 Å². The lowest BCUT2D eigenvalue weighted by Crippen LogP contribution is -2.15. The molecule has 3 aromatic rings. The van der Waals surface area contributed by atoms with Crippen molar-refractivity contribution in [3.8, 4) is 17.1 Å². The Morgan fingerprint density at radius 2 is 1.89 bits per heavy atom. The van der Waals surface area contributed by atoms with E-state index in [9.17, 15) is 4.79 Å². The molecule has 1 aromatic heterocycles. The molecule has 27 heavy (non-hydrogen) atoms. The largest absolute Gasteiger partial charge is 0.495 e. The first-order chi connectivity index (χ1) is 13.1. The molecule has 7 heteroatoms. The number of aryl methyl sites for hydroxylation is 1. The third-order valence-electron chi connectivity index (χ3n) is 4.13. The summed E-state index contributed by atoms with van der Waals surface area (Å²) in [5.74, 6) is 1.58. The molecule has 0 aliphatic rings. The SMILES string of the molecule is CCn1c(SCC(=O)Nc2ccccc2OC)nnc1-c1ccccc1C. The van der Waals surface area contributed by atoms with Crippen molar-refractivity contribution in [2.75, 3.05) is 18.2 Å². The van der Waals surface area contributed by atoms with Crippen molar-refractivity contribution in [1.82, 2.24) is 14.8 Å². The zero-order valence-corrected chi connectivity index (χ0v) is 16.4. The molecule has 1 N–H and O–H groups in total. The molecule has 0 fully saturated rings. The first-order valence-electron chi connectivity index (χ1n) is 8.69. The lowest BCUT2D eigenvalue weighted by molar-refractivity contribution is -0.113. The van der Waals surface area contributed by atoms with Gasteiger partial charge in [-0.1, -0.05) is 48.2 Å². The first-order valence-corrected chi connectivity index (χ1v) is 9.67. The molecule has 0 saturated carbocycles. The molecule has 0 aliphatic heterocycles. The van der Waals surface area contributed by atoms with Crippen LogP contribution in [0.4, 0.5) is 5.69 Å². The quantitative estimate of drug-likeness (QED) is 0.625. The second kappa shape index (κ2) is 8.73. The van der Waals surface area contributed by atoms with Crippen molar-refractivity contribution in [3.05, 3.63) is 54.1 Å². The van der Waals surface area contributed by atoms with Crippen LogP contribution in [0.25, 0.3) is 11.4 Å². The van der Waals surface area contributed by atoms with Gasteiger partial charge in [-0.2, -0.15) is 0 Å². The molecule has 140 valence electrons. The highest BCUT2D eigenvalue weighted by molar-refractivity contribution is 7.99. The van der Waals surface area contributed by atoms with E-state index in [0.29, 0.717) is 11.4 Å². The molecule has 0 atom stereocenters. The Bertz CT molecular complexity index is 939. The van der Waals surface area contributed by atoms with E-state index in [-0.39, 0.29) is 11.7 Å². The van der Waals surface area contributed by atoms with Crippen molar-refractivity contribution >= 4 is 23.4 Å². The van der Waals surface area contributed by atoms with Crippen molar-refractivity contribution in [1.29, 1.82) is 0 Å².